The third-order valence-electron chi connectivity index (χ3n) is 5.86. The second-order valence-corrected chi connectivity index (χ2v) is 8.08. The molecule has 1 unspecified atom stereocenters. The number of halogens is 2. The molecule has 0 fully saturated rings. The summed E-state index contributed by atoms with van der Waals surface area (Å²) in [6, 6.07) is 8.32. The van der Waals surface area contributed by atoms with Crippen molar-refractivity contribution in [3.05, 3.63) is 82.3 Å². The van der Waals surface area contributed by atoms with Gasteiger partial charge in [-0.05, 0) is 53.9 Å². The summed E-state index contributed by atoms with van der Waals surface area (Å²) in [5, 5.41) is 32.9. The molecule has 0 radical (unpaired) electrons. The van der Waals surface area contributed by atoms with Crippen molar-refractivity contribution in [3.63, 3.8) is 0 Å². The number of rotatable bonds is 5. The van der Waals surface area contributed by atoms with Crippen LogP contribution in [0.4, 0.5) is 14.6 Å². The molecule has 1 aromatic heterocycles. The van der Waals surface area contributed by atoms with Crippen molar-refractivity contribution in [2.24, 2.45) is 10.7 Å². The van der Waals surface area contributed by atoms with E-state index in [1.807, 2.05) is 0 Å². The summed E-state index contributed by atoms with van der Waals surface area (Å²) in [6.07, 6.45) is 1.83. The molecule has 1 aliphatic heterocycles. The highest BCUT2D eigenvalue weighted by Gasteiger charge is 2.31. The lowest BCUT2D eigenvalue weighted by Crippen LogP contribution is -2.32. The summed E-state index contributed by atoms with van der Waals surface area (Å²) in [4.78, 5) is 7.98. The highest BCUT2D eigenvalue weighted by atomic mass is 19.1. The van der Waals surface area contributed by atoms with Crippen molar-refractivity contribution in [1.82, 2.24) is 10.3 Å². The fourth-order valence-corrected chi connectivity index (χ4v) is 4.20. The average Bonchev–Trinajstić information content (AvgIpc) is 2.81. The molecule has 8 N–H and O–H groups in total. The molecule has 180 valence electrons. The van der Waals surface area contributed by atoms with Gasteiger partial charge in [-0.1, -0.05) is 19.1 Å². The minimum atomic E-state index is -1.09. The maximum atomic E-state index is 15.5. The van der Waals surface area contributed by atoms with Crippen LogP contribution in [0, 0.1) is 11.2 Å². The molecule has 0 amide bonds. The van der Waals surface area contributed by atoms with Gasteiger partial charge in [0.15, 0.2) is 5.83 Å². The molecule has 35 heavy (non-hydrogen) atoms. The van der Waals surface area contributed by atoms with Crippen molar-refractivity contribution >= 4 is 33.9 Å². The number of nitrogens with two attached hydrogens (primary N) is 2. The number of fused-ring (bicyclic) bond motifs is 1. The molecule has 1 atom stereocenters. The minimum Gasteiger partial charge on any atom is -0.508 e. The topological polar surface area (TPSA) is 154 Å². The zero-order chi connectivity index (χ0) is 25.4. The number of pyridine rings is 1. The average molecular weight is 479 g/mol. The van der Waals surface area contributed by atoms with Crippen LogP contribution in [0.25, 0.3) is 16.5 Å². The molecule has 1 aliphatic rings. The van der Waals surface area contributed by atoms with Gasteiger partial charge >= 0.3 is 0 Å². The molecule has 0 aliphatic carbocycles. The van der Waals surface area contributed by atoms with Gasteiger partial charge in [0.25, 0.3) is 0 Å². The maximum absolute atomic E-state index is 15.5. The fraction of sp³-hybridized carbons (Fsp3) is 0.160. The van der Waals surface area contributed by atoms with Crippen LogP contribution in [0.3, 0.4) is 0 Å². The summed E-state index contributed by atoms with van der Waals surface area (Å²) in [6.45, 7) is 3.48. The number of benzene rings is 2. The predicted octanol–water partition coefficient (Wildman–Crippen LogP) is 4.37. The first kappa shape index (κ1) is 23.7. The fourth-order valence-electron chi connectivity index (χ4n) is 4.20. The molecule has 2 aromatic carbocycles. The van der Waals surface area contributed by atoms with Gasteiger partial charge in [-0.15, -0.1) is 0 Å². The van der Waals surface area contributed by atoms with Crippen LogP contribution in [0.5, 0.6) is 5.75 Å². The Hall–Kier alpha value is -4.47. The number of hydrogen-bond donors (Lipinski definition) is 6. The third kappa shape index (κ3) is 4.14. The Labute approximate surface area is 199 Å². The van der Waals surface area contributed by atoms with E-state index in [1.165, 1.54) is 30.5 Å². The van der Waals surface area contributed by atoms with Crippen LogP contribution < -0.4 is 16.8 Å². The number of aromatic nitrogens is 1. The Balaban J connectivity index is 1.82. The number of anilines is 1. The van der Waals surface area contributed by atoms with E-state index >= 15 is 4.39 Å². The Bertz CT molecular complexity index is 1460. The summed E-state index contributed by atoms with van der Waals surface area (Å²) in [7, 11) is 0. The summed E-state index contributed by atoms with van der Waals surface area (Å²) < 4.78 is 30.1. The summed E-state index contributed by atoms with van der Waals surface area (Å²) in [5.74, 6) is -2.41. The van der Waals surface area contributed by atoms with Crippen LogP contribution >= 0.6 is 0 Å². The number of aliphatic hydroxyl groups is 1. The Kier molecular flexibility index (Phi) is 6.12. The number of allylic oxidation sites excluding steroid dienone is 1. The monoisotopic (exact) mass is 478 g/mol. The Morgan fingerprint density at radius 3 is 2.63 bits per heavy atom. The highest BCUT2D eigenvalue weighted by Crippen LogP contribution is 2.38. The van der Waals surface area contributed by atoms with E-state index in [4.69, 9.17) is 16.9 Å². The second-order valence-electron chi connectivity index (χ2n) is 8.08. The molecule has 0 saturated heterocycles. The van der Waals surface area contributed by atoms with E-state index in [-0.39, 0.29) is 28.5 Å². The van der Waals surface area contributed by atoms with Gasteiger partial charge < -0.3 is 27.0 Å². The SMILES string of the molecule is CCc1c(F)ccc2cc(O)cc(C3=C(F)C(=N)/C(=C(\N)NC(C)c4cccnc4N)C(O)=N3)c12. The Morgan fingerprint density at radius 1 is 1.20 bits per heavy atom. The van der Waals surface area contributed by atoms with Gasteiger partial charge in [0.1, 0.15) is 40.2 Å². The number of phenols is 1. The van der Waals surface area contributed by atoms with E-state index in [1.54, 1.807) is 26.0 Å². The molecule has 4 rings (SSSR count). The first-order valence-corrected chi connectivity index (χ1v) is 10.8. The van der Waals surface area contributed by atoms with Crippen LogP contribution in [0.15, 0.2) is 64.8 Å². The molecule has 3 aromatic rings. The standard InChI is InChI=1S/C25H24F2N6O2/c1-3-14-17(26)7-6-12-9-13(34)10-16(18(12)14)22-20(27)21(28)19(25(35)33-22)24(30)32-11(2)15-5-4-8-31-23(15)29/h4-11,28,32,34H,3,30H2,1-2H3,(H2,29,31)(H,33,35)/b24-19-,28-21?. The summed E-state index contributed by atoms with van der Waals surface area (Å²) in [5.41, 5.74) is 11.5. The third-order valence-corrected chi connectivity index (χ3v) is 5.86. The lowest BCUT2D eigenvalue weighted by Gasteiger charge is -2.22. The van der Waals surface area contributed by atoms with E-state index in [2.05, 4.69) is 15.3 Å². The first-order chi connectivity index (χ1) is 16.6. The van der Waals surface area contributed by atoms with Gasteiger partial charge in [0, 0.05) is 17.3 Å². The lowest BCUT2D eigenvalue weighted by atomic mass is 9.93. The number of aliphatic hydroxyl groups excluding tert-OH is 1. The number of nitrogens with zero attached hydrogens (tertiary/aromatic N) is 2. The van der Waals surface area contributed by atoms with Crippen molar-refractivity contribution in [1.29, 1.82) is 5.41 Å². The van der Waals surface area contributed by atoms with E-state index in [9.17, 15) is 14.6 Å². The largest absolute Gasteiger partial charge is 0.508 e. The first-order valence-electron chi connectivity index (χ1n) is 10.8. The van der Waals surface area contributed by atoms with Crippen molar-refractivity contribution < 1.29 is 19.0 Å². The molecule has 0 bridgehead atoms. The molecule has 10 heteroatoms. The molecule has 0 saturated carbocycles. The summed E-state index contributed by atoms with van der Waals surface area (Å²) >= 11 is 0. The predicted molar refractivity (Wildman–Crippen MR) is 132 cm³/mol. The van der Waals surface area contributed by atoms with Gasteiger partial charge in [0.2, 0.25) is 5.90 Å². The van der Waals surface area contributed by atoms with E-state index in [0.29, 0.717) is 28.3 Å². The normalized spacial score (nSPS) is 16.3. The smallest absolute Gasteiger partial charge is 0.224 e. The minimum absolute atomic E-state index is 0.0484. The number of phenolic OH excluding ortho intramolecular Hbond substituents is 1. The van der Waals surface area contributed by atoms with Crippen LogP contribution in [0.1, 0.15) is 36.6 Å². The molecular formula is C25H24F2N6O2. The van der Waals surface area contributed by atoms with Crippen LogP contribution in [0.2, 0.25) is 0 Å². The zero-order valence-electron chi connectivity index (χ0n) is 19.0. The van der Waals surface area contributed by atoms with Crippen molar-refractivity contribution in [2.75, 3.05) is 5.73 Å². The van der Waals surface area contributed by atoms with Gasteiger partial charge in [-0.25, -0.2) is 18.8 Å². The quantitative estimate of drug-likeness (QED) is 0.320. The molecule has 8 nitrogen and oxygen atoms in total. The number of aliphatic imine (C=N–C) groups is 1. The number of nitrogens with one attached hydrogen (secondary N) is 2. The zero-order valence-corrected chi connectivity index (χ0v) is 19.0. The molecule has 0 spiro atoms. The number of hydrogen-bond acceptors (Lipinski definition) is 7. The number of nitrogen functional groups attached to an aromatic ring is 1. The maximum Gasteiger partial charge on any atom is 0.224 e. The molecule has 2 heterocycles. The van der Waals surface area contributed by atoms with Gasteiger partial charge in [-0.3, -0.25) is 5.41 Å². The van der Waals surface area contributed by atoms with E-state index < -0.39 is 35.0 Å². The van der Waals surface area contributed by atoms with Crippen molar-refractivity contribution in [2.45, 2.75) is 26.3 Å². The van der Waals surface area contributed by atoms with E-state index in [0.717, 1.165) is 0 Å². The lowest BCUT2D eigenvalue weighted by molar-refractivity contribution is 0.476. The number of aromatic hydroxyl groups is 1. The number of aryl methyl sites for hydroxylation is 1. The van der Waals surface area contributed by atoms with Gasteiger partial charge in [0.05, 0.1) is 6.04 Å². The van der Waals surface area contributed by atoms with Crippen LogP contribution in [-0.4, -0.2) is 26.8 Å². The molecular weight excluding hydrogens is 454 g/mol. The van der Waals surface area contributed by atoms with Crippen molar-refractivity contribution in [3.8, 4) is 5.75 Å². The second kappa shape index (κ2) is 9.05. The Morgan fingerprint density at radius 2 is 1.94 bits per heavy atom. The van der Waals surface area contributed by atoms with Gasteiger partial charge in [-0.2, -0.15) is 0 Å². The van der Waals surface area contributed by atoms with Crippen LogP contribution in [-0.2, 0) is 6.42 Å². The highest BCUT2D eigenvalue weighted by molar-refractivity contribution is 6.31.